The number of benzene rings is 2. The van der Waals surface area contributed by atoms with Crippen molar-refractivity contribution in [2.45, 2.75) is 20.0 Å². The minimum atomic E-state index is -0.511. The van der Waals surface area contributed by atoms with Crippen LogP contribution in [0.2, 0.25) is 0 Å². The highest BCUT2D eigenvalue weighted by Gasteiger charge is 2.34. The second-order valence-corrected chi connectivity index (χ2v) is 6.34. The van der Waals surface area contributed by atoms with Crippen molar-refractivity contribution in [2.75, 3.05) is 11.6 Å². The number of nitrogens with one attached hydrogen (secondary N) is 1. The molecule has 1 heterocycles. The van der Waals surface area contributed by atoms with Crippen molar-refractivity contribution in [3.8, 4) is 5.75 Å². The number of ether oxygens (including phenoxy) is 2. The molecule has 144 valence electrons. The Morgan fingerprint density at radius 3 is 2.46 bits per heavy atom. The van der Waals surface area contributed by atoms with Crippen molar-refractivity contribution >= 4 is 29.5 Å². The molecular formula is C21H20N2O5. The van der Waals surface area contributed by atoms with Crippen LogP contribution in [0.5, 0.6) is 5.75 Å². The lowest BCUT2D eigenvalue weighted by atomic mass is 10.1. The van der Waals surface area contributed by atoms with Gasteiger partial charge in [-0.25, -0.2) is 9.80 Å². The van der Waals surface area contributed by atoms with E-state index in [0.717, 1.165) is 0 Å². The third-order valence-electron chi connectivity index (χ3n) is 3.84. The minimum absolute atomic E-state index is 0.0235. The summed E-state index contributed by atoms with van der Waals surface area (Å²) in [7, 11) is 0. The number of amides is 2. The van der Waals surface area contributed by atoms with E-state index < -0.39 is 17.8 Å². The number of hydrogen-bond donors (Lipinski definition) is 1. The molecule has 2 aromatic carbocycles. The molecule has 0 spiro atoms. The Morgan fingerprint density at radius 2 is 1.75 bits per heavy atom. The molecule has 2 aromatic rings. The monoisotopic (exact) mass is 380 g/mol. The molecule has 0 saturated carbocycles. The highest BCUT2D eigenvalue weighted by molar-refractivity contribution is 6.31. The molecule has 0 aromatic heterocycles. The number of esters is 1. The summed E-state index contributed by atoms with van der Waals surface area (Å²) in [6, 6.07) is 15.6. The molecule has 1 saturated heterocycles. The van der Waals surface area contributed by atoms with Crippen LogP contribution in [0.3, 0.4) is 0 Å². The fourth-order valence-electron chi connectivity index (χ4n) is 2.64. The third kappa shape index (κ3) is 4.37. The number of anilines is 1. The zero-order chi connectivity index (χ0) is 20.1. The van der Waals surface area contributed by atoms with Crippen LogP contribution in [0.15, 0.2) is 60.2 Å². The van der Waals surface area contributed by atoms with Gasteiger partial charge in [-0.15, -0.1) is 0 Å². The van der Waals surface area contributed by atoms with Crippen molar-refractivity contribution in [3.63, 3.8) is 0 Å². The lowest BCUT2D eigenvalue weighted by Crippen LogP contribution is -2.35. The molecular weight excluding hydrogens is 360 g/mol. The van der Waals surface area contributed by atoms with Gasteiger partial charge in [-0.05, 0) is 38.1 Å². The fraction of sp³-hybridized carbons (Fsp3) is 0.190. The van der Waals surface area contributed by atoms with E-state index in [-0.39, 0.29) is 18.3 Å². The van der Waals surface area contributed by atoms with Gasteiger partial charge in [0.05, 0.1) is 11.8 Å². The van der Waals surface area contributed by atoms with E-state index in [1.807, 2.05) is 6.07 Å². The first kappa shape index (κ1) is 19.2. The summed E-state index contributed by atoms with van der Waals surface area (Å²) in [6.07, 6.45) is 1.21. The van der Waals surface area contributed by atoms with Gasteiger partial charge in [-0.3, -0.25) is 15.0 Å². The second-order valence-electron chi connectivity index (χ2n) is 6.34. The third-order valence-corrected chi connectivity index (χ3v) is 3.84. The van der Waals surface area contributed by atoms with Crippen LogP contribution < -0.4 is 15.2 Å². The molecule has 0 bridgehead atoms. The maximum atomic E-state index is 12.7. The topological polar surface area (TPSA) is 84.9 Å². The Kier molecular flexibility index (Phi) is 5.74. The summed E-state index contributed by atoms with van der Waals surface area (Å²) in [5, 5.41) is 1.19. The van der Waals surface area contributed by atoms with E-state index in [4.69, 9.17) is 9.47 Å². The van der Waals surface area contributed by atoms with E-state index in [2.05, 4.69) is 5.43 Å². The van der Waals surface area contributed by atoms with Gasteiger partial charge < -0.3 is 9.47 Å². The van der Waals surface area contributed by atoms with Gasteiger partial charge >= 0.3 is 5.97 Å². The smallest absolute Gasteiger partial charge is 0.344 e. The Hall–Kier alpha value is -3.61. The number of para-hydroxylation sites is 2. The quantitative estimate of drug-likeness (QED) is 0.473. The molecule has 1 fully saturated rings. The number of carbonyl (C=O) groups excluding carboxylic acids is 3. The number of nitrogens with zero attached hydrogens (tertiary/aromatic N) is 1. The highest BCUT2D eigenvalue weighted by Crippen LogP contribution is 2.25. The summed E-state index contributed by atoms with van der Waals surface area (Å²) >= 11 is 0. The first-order valence-corrected chi connectivity index (χ1v) is 8.79. The van der Waals surface area contributed by atoms with E-state index in [1.54, 1.807) is 62.4 Å². The molecule has 1 N–H and O–H groups in total. The van der Waals surface area contributed by atoms with Crippen molar-refractivity contribution in [2.24, 2.45) is 0 Å². The maximum absolute atomic E-state index is 12.7. The lowest BCUT2D eigenvalue weighted by Gasteiger charge is -2.14. The summed E-state index contributed by atoms with van der Waals surface area (Å²) < 4.78 is 10.6. The Morgan fingerprint density at radius 1 is 1.07 bits per heavy atom. The molecule has 3 rings (SSSR count). The van der Waals surface area contributed by atoms with Crippen LogP contribution in [0, 0.1) is 0 Å². The molecule has 1 aliphatic rings. The first-order valence-electron chi connectivity index (χ1n) is 8.79. The second kappa shape index (κ2) is 8.39. The van der Waals surface area contributed by atoms with Crippen molar-refractivity contribution in [1.82, 2.24) is 5.43 Å². The molecule has 28 heavy (non-hydrogen) atoms. The van der Waals surface area contributed by atoms with Crippen LogP contribution in [-0.2, 0) is 19.1 Å². The fourth-order valence-corrected chi connectivity index (χ4v) is 2.64. The van der Waals surface area contributed by atoms with Gasteiger partial charge in [0.25, 0.3) is 11.8 Å². The summed E-state index contributed by atoms with van der Waals surface area (Å²) in [5.41, 5.74) is 3.59. The summed E-state index contributed by atoms with van der Waals surface area (Å²) in [6.45, 7) is 3.23. The van der Waals surface area contributed by atoms with Crippen LogP contribution in [-0.4, -0.2) is 30.5 Å². The SMILES string of the molecule is CC(C)OC(=O)COc1ccccc1/C=C1/C(=O)NN(c2ccccc2)C1=O. The van der Waals surface area contributed by atoms with Gasteiger partial charge in [-0.1, -0.05) is 36.4 Å². The predicted molar refractivity (Wildman–Crippen MR) is 103 cm³/mol. The lowest BCUT2D eigenvalue weighted by molar-refractivity contribution is -0.149. The van der Waals surface area contributed by atoms with Gasteiger partial charge in [0.2, 0.25) is 0 Å². The van der Waals surface area contributed by atoms with Gasteiger partial charge in [-0.2, -0.15) is 0 Å². The summed E-state index contributed by atoms with van der Waals surface area (Å²) in [5.74, 6) is -1.11. The molecule has 7 heteroatoms. The molecule has 0 atom stereocenters. The highest BCUT2D eigenvalue weighted by atomic mass is 16.6. The Bertz CT molecular complexity index is 921. The van der Waals surface area contributed by atoms with Crippen molar-refractivity contribution in [3.05, 3.63) is 65.7 Å². The molecule has 7 nitrogen and oxygen atoms in total. The van der Waals surface area contributed by atoms with Crippen molar-refractivity contribution in [1.29, 1.82) is 0 Å². The number of carbonyl (C=O) groups is 3. The van der Waals surface area contributed by atoms with Crippen LogP contribution in [0.4, 0.5) is 5.69 Å². The number of rotatable bonds is 6. The largest absolute Gasteiger partial charge is 0.481 e. The van der Waals surface area contributed by atoms with E-state index in [1.165, 1.54) is 11.1 Å². The Balaban J connectivity index is 1.81. The van der Waals surface area contributed by atoms with Gasteiger partial charge in [0.1, 0.15) is 11.3 Å². The zero-order valence-electron chi connectivity index (χ0n) is 15.5. The molecule has 0 aliphatic carbocycles. The van der Waals surface area contributed by atoms with Crippen LogP contribution in [0.1, 0.15) is 19.4 Å². The minimum Gasteiger partial charge on any atom is -0.481 e. The van der Waals surface area contributed by atoms with Gasteiger partial charge in [0.15, 0.2) is 6.61 Å². The zero-order valence-corrected chi connectivity index (χ0v) is 15.5. The first-order chi connectivity index (χ1) is 13.5. The maximum Gasteiger partial charge on any atom is 0.344 e. The normalized spacial score (nSPS) is 15.1. The molecule has 0 unspecified atom stereocenters. The van der Waals surface area contributed by atoms with E-state index in [0.29, 0.717) is 17.0 Å². The van der Waals surface area contributed by atoms with E-state index in [9.17, 15) is 14.4 Å². The predicted octanol–water partition coefficient (Wildman–Crippen LogP) is 2.48. The molecule has 2 amide bonds. The van der Waals surface area contributed by atoms with Crippen LogP contribution in [0.25, 0.3) is 6.08 Å². The Labute approximate surface area is 162 Å². The summed E-state index contributed by atoms with van der Waals surface area (Å²) in [4.78, 5) is 36.7. The average molecular weight is 380 g/mol. The number of hydrazine groups is 1. The van der Waals surface area contributed by atoms with Crippen LogP contribution >= 0.6 is 0 Å². The van der Waals surface area contributed by atoms with E-state index >= 15 is 0 Å². The average Bonchev–Trinajstić information content (AvgIpc) is 2.96. The number of hydrogen-bond acceptors (Lipinski definition) is 5. The molecule has 0 radical (unpaired) electrons. The van der Waals surface area contributed by atoms with Gasteiger partial charge in [0, 0.05) is 5.56 Å². The van der Waals surface area contributed by atoms with Crippen molar-refractivity contribution < 1.29 is 23.9 Å². The standard InChI is InChI=1S/C21H20N2O5/c1-14(2)28-19(24)13-27-18-11-7-6-8-15(18)12-17-20(25)22-23(21(17)26)16-9-4-3-5-10-16/h3-12,14H,13H2,1-2H3,(H,22,25)/b17-12-. The molecule has 1 aliphatic heterocycles.